The van der Waals surface area contributed by atoms with Gasteiger partial charge in [-0.2, -0.15) is 9.40 Å². The number of carboxylic acids is 1. The Morgan fingerprint density at radius 2 is 1.90 bits per heavy atom. The van der Waals surface area contributed by atoms with Crippen LogP contribution in [0.3, 0.4) is 0 Å². The Morgan fingerprint density at radius 3 is 2.59 bits per heavy atom. The highest BCUT2D eigenvalue weighted by molar-refractivity contribution is 7.89. The summed E-state index contributed by atoms with van der Waals surface area (Å²) >= 11 is 0. The summed E-state index contributed by atoms with van der Waals surface area (Å²) in [6.45, 7) is 4.92. The molecule has 1 saturated heterocycles. The van der Waals surface area contributed by atoms with Crippen LogP contribution in [0.4, 0.5) is 0 Å². The fourth-order valence-electron chi connectivity index (χ4n) is 6.71. The van der Waals surface area contributed by atoms with Gasteiger partial charge in [-0.3, -0.25) is 9.48 Å². The van der Waals surface area contributed by atoms with Crippen LogP contribution in [0.25, 0.3) is 16.5 Å². The van der Waals surface area contributed by atoms with Crippen LogP contribution in [0.2, 0.25) is 0 Å². The van der Waals surface area contributed by atoms with Crippen LogP contribution < -0.4 is 4.74 Å². The molecule has 2 fully saturated rings. The number of hydrogen-bond donors (Lipinski definition) is 1. The van der Waals surface area contributed by atoms with Crippen molar-refractivity contribution in [1.82, 2.24) is 19.1 Å². The van der Waals surface area contributed by atoms with E-state index in [9.17, 15) is 18.3 Å². The molecule has 10 heteroatoms. The Kier molecular flexibility index (Phi) is 7.63. The molecule has 0 unspecified atom stereocenters. The number of aliphatic carboxylic acids is 1. The van der Waals surface area contributed by atoms with Gasteiger partial charge in [0.2, 0.25) is 15.9 Å². The van der Waals surface area contributed by atoms with E-state index in [4.69, 9.17) is 9.84 Å². The SMILES string of the molecule is CCOc1ccc(S(=O)(=O)N2C[C@@H](C)[C@@H](n3nc(CC(=O)O)c4ccc(C5=C(C6CCC6)CCCC5)cc43)C2)cn1. The molecule has 0 bridgehead atoms. The van der Waals surface area contributed by atoms with Crippen LogP contribution in [-0.2, 0) is 21.2 Å². The van der Waals surface area contributed by atoms with Crippen LogP contribution in [-0.4, -0.2) is 58.3 Å². The minimum atomic E-state index is -3.78. The third-order valence-electron chi connectivity index (χ3n) is 9.05. The number of carbonyl (C=O) groups is 1. The maximum atomic E-state index is 13.6. The van der Waals surface area contributed by atoms with Crippen molar-refractivity contribution in [3.8, 4) is 5.88 Å². The fraction of sp³-hybridized carbons (Fsp3) is 0.516. The van der Waals surface area contributed by atoms with Crippen LogP contribution in [0, 0.1) is 11.8 Å². The van der Waals surface area contributed by atoms with Gasteiger partial charge in [0, 0.05) is 24.5 Å². The van der Waals surface area contributed by atoms with Gasteiger partial charge in [-0.1, -0.05) is 31.1 Å². The molecule has 1 aliphatic heterocycles. The number of pyridine rings is 1. The molecule has 0 amide bonds. The van der Waals surface area contributed by atoms with E-state index in [1.54, 1.807) is 11.6 Å². The van der Waals surface area contributed by atoms with Gasteiger partial charge >= 0.3 is 5.97 Å². The number of benzene rings is 1. The lowest BCUT2D eigenvalue weighted by Gasteiger charge is -2.33. The van der Waals surface area contributed by atoms with Gasteiger partial charge in [-0.15, -0.1) is 0 Å². The summed E-state index contributed by atoms with van der Waals surface area (Å²) in [6, 6.07) is 9.20. The van der Waals surface area contributed by atoms with Gasteiger partial charge < -0.3 is 9.84 Å². The van der Waals surface area contributed by atoms with Crippen molar-refractivity contribution in [2.75, 3.05) is 19.7 Å². The number of allylic oxidation sites excluding steroid dienone is 2. The summed E-state index contributed by atoms with van der Waals surface area (Å²) in [5, 5.41) is 15.3. The molecule has 2 aliphatic carbocycles. The molecule has 0 spiro atoms. The maximum absolute atomic E-state index is 13.6. The van der Waals surface area contributed by atoms with Crippen molar-refractivity contribution >= 4 is 32.5 Å². The van der Waals surface area contributed by atoms with Crippen LogP contribution >= 0.6 is 0 Å². The molecular weight excluding hydrogens is 540 g/mol. The number of fused-ring (bicyclic) bond motifs is 1. The van der Waals surface area contributed by atoms with Crippen molar-refractivity contribution in [1.29, 1.82) is 0 Å². The van der Waals surface area contributed by atoms with E-state index in [1.165, 1.54) is 59.8 Å². The zero-order valence-corrected chi connectivity index (χ0v) is 24.6. The first-order chi connectivity index (χ1) is 19.8. The Labute approximate surface area is 241 Å². The summed E-state index contributed by atoms with van der Waals surface area (Å²) in [7, 11) is -3.78. The van der Waals surface area contributed by atoms with Crippen molar-refractivity contribution in [2.45, 2.75) is 76.2 Å². The van der Waals surface area contributed by atoms with Gasteiger partial charge in [-0.25, -0.2) is 13.4 Å². The number of aromatic nitrogens is 3. The Morgan fingerprint density at radius 1 is 1.10 bits per heavy atom. The molecule has 218 valence electrons. The van der Waals surface area contributed by atoms with E-state index in [1.807, 2.05) is 24.6 Å². The summed E-state index contributed by atoms with van der Waals surface area (Å²) in [5.41, 5.74) is 5.64. The molecule has 3 aromatic rings. The zero-order valence-electron chi connectivity index (χ0n) is 23.8. The first-order valence-electron chi connectivity index (χ1n) is 14.8. The minimum Gasteiger partial charge on any atom is -0.481 e. The van der Waals surface area contributed by atoms with Crippen LogP contribution in [0.1, 0.15) is 76.1 Å². The summed E-state index contributed by atoms with van der Waals surface area (Å²) in [4.78, 5) is 16.0. The van der Waals surface area contributed by atoms with E-state index in [0.29, 0.717) is 30.6 Å². The molecule has 1 aromatic carbocycles. The van der Waals surface area contributed by atoms with E-state index >= 15 is 0 Å². The fourth-order valence-corrected chi connectivity index (χ4v) is 8.21. The number of sulfonamides is 1. The predicted molar refractivity (Wildman–Crippen MR) is 156 cm³/mol. The minimum absolute atomic E-state index is 0.0238. The molecule has 3 heterocycles. The molecular formula is C31H38N4O5S. The molecule has 1 N–H and O–H groups in total. The van der Waals surface area contributed by atoms with Gasteiger partial charge in [0.15, 0.2) is 0 Å². The molecule has 0 radical (unpaired) electrons. The third-order valence-corrected chi connectivity index (χ3v) is 10.9. The number of nitrogens with zero attached hydrogens (tertiary/aromatic N) is 4. The number of hydrogen-bond acceptors (Lipinski definition) is 6. The summed E-state index contributed by atoms with van der Waals surface area (Å²) < 4.78 is 35.9. The summed E-state index contributed by atoms with van der Waals surface area (Å²) in [5.74, 6) is 0.121. The van der Waals surface area contributed by atoms with E-state index in [0.717, 1.165) is 23.7 Å². The predicted octanol–water partition coefficient (Wildman–Crippen LogP) is 5.47. The Balaban J connectivity index is 1.37. The van der Waals surface area contributed by atoms with Crippen molar-refractivity contribution in [3.05, 3.63) is 53.4 Å². The maximum Gasteiger partial charge on any atom is 0.309 e. The van der Waals surface area contributed by atoms with E-state index in [2.05, 4.69) is 17.1 Å². The van der Waals surface area contributed by atoms with Crippen molar-refractivity contribution in [2.24, 2.45) is 11.8 Å². The van der Waals surface area contributed by atoms with Crippen molar-refractivity contribution < 1.29 is 23.1 Å². The number of carboxylic acid groups (broad SMARTS) is 1. The number of rotatable bonds is 9. The summed E-state index contributed by atoms with van der Waals surface area (Å²) in [6.07, 6.45) is 9.66. The topological polar surface area (TPSA) is 115 Å². The monoisotopic (exact) mass is 578 g/mol. The largest absolute Gasteiger partial charge is 0.481 e. The molecule has 1 saturated carbocycles. The highest BCUT2D eigenvalue weighted by atomic mass is 32.2. The molecule has 41 heavy (non-hydrogen) atoms. The first kappa shape index (κ1) is 27.9. The normalized spacial score (nSPS) is 22.3. The second kappa shape index (κ2) is 11.2. The lowest BCUT2D eigenvalue weighted by molar-refractivity contribution is -0.136. The highest BCUT2D eigenvalue weighted by Gasteiger charge is 2.40. The zero-order chi connectivity index (χ0) is 28.7. The molecule has 9 nitrogen and oxygen atoms in total. The van der Waals surface area contributed by atoms with Gasteiger partial charge in [0.1, 0.15) is 4.90 Å². The Hall–Kier alpha value is -3.24. The van der Waals surface area contributed by atoms with Crippen LogP contribution in [0.15, 0.2) is 47.0 Å². The molecule has 6 rings (SSSR count). The smallest absolute Gasteiger partial charge is 0.309 e. The quantitative estimate of drug-likeness (QED) is 0.358. The Bertz CT molecular complexity index is 1590. The lowest BCUT2D eigenvalue weighted by atomic mass is 9.72. The van der Waals surface area contributed by atoms with Gasteiger partial charge in [0.05, 0.1) is 36.5 Å². The first-order valence-corrected chi connectivity index (χ1v) is 16.2. The third kappa shape index (κ3) is 5.28. The number of ether oxygens (including phenoxy) is 1. The van der Waals surface area contributed by atoms with Gasteiger partial charge in [-0.05, 0) is 80.6 Å². The lowest BCUT2D eigenvalue weighted by Crippen LogP contribution is -2.29. The van der Waals surface area contributed by atoms with E-state index < -0.39 is 16.0 Å². The molecule has 2 atom stereocenters. The average Bonchev–Trinajstić information content (AvgIpc) is 3.48. The van der Waals surface area contributed by atoms with Crippen molar-refractivity contribution in [3.63, 3.8) is 0 Å². The average molecular weight is 579 g/mol. The van der Waals surface area contributed by atoms with Crippen LogP contribution in [0.5, 0.6) is 5.88 Å². The second-order valence-electron chi connectivity index (χ2n) is 11.7. The van der Waals surface area contributed by atoms with Gasteiger partial charge in [0.25, 0.3) is 0 Å². The molecule has 3 aliphatic rings. The molecule has 2 aromatic heterocycles. The highest BCUT2D eigenvalue weighted by Crippen LogP contribution is 2.44. The second-order valence-corrected chi connectivity index (χ2v) is 13.6. The van der Waals surface area contributed by atoms with E-state index in [-0.39, 0.29) is 29.8 Å². The standard InChI is InChI=1S/C31H38N4O5S/c1-3-40-30-14-12-23(17-32-30)41(38,39)34-18-20(2)29(19-34)35-28-15-22(11-13-26(28)27(33-35)16-31(36)37)25-10-5-4-9-24(25)21-7-6-8-21/h11-15,17,20-21,29H,3-10,16,18-19H2,1-2H3,(H,36,37)/t20-,29+/m1/s1.